The van der Waals surface area contributed by atoms with Crippen molar-refractivity contribution in [3.63, 3.8) is 0 Å². The average Bonchev–Trinajstić information content (AvgIpc) is 2.66. The van der Waals surface area contributed by atoms with Gasteiger partial charge in [0.05, 0.1) is 35.9 Å². The van der Waals surface area contributed by atoms with Crippen LogP contribution in [0.4, 0.5) is 11.4 Å². The van der Waals surface area contributed by atoms with E-state index in [9.17, 15) is 9.59 Å². The highest BCUT2D eigenvalue weighted by molar-refractivity contribution is 8.01. The van der Waals surface area contributed by atoms with Gasteiger partial charge in [-0.2, -0.15) is 0 Å². The van der Waals surface area contributed by atoms with E-state index in [0.717, 1.165) is 0 Å². The normalized spacial score (nSPS) is 11.4. The van der Waals surface area contributed by atoms with E-state index in [2.05, 4.69) is 10.6 Å². The number of thioether (sulfide) groups is 1. The first-order chi connectivity index (χ1) is 12.9. The van der Waals surface area contributed by atoms with Crippen LogP contribution in [-0.2, 0) is 9.59 Å². The summed E-state index contributed by atoms with van der Waals surface area (Å²) < 4.78 is 10.3. The third kappa shape index (κ3) is 6.08. The molecule has 2 aromatic rings. The van der Waals surface area contributed by atoms with Gasteiger partial charge in [0.25, 0.3) is 0 Å². The van der Waals surface area contributed by atoms with Gasteiger partial charge < -0.3 is 20.1 Å². The van der Waals surface area contributed by atoms with Crippen LogP contribution in [0, 0.1) is 0 Å². The minimum Gasteiger partial charge on any atom is -0.495 e. The van der Waals surface area contributed by atoms with Crippen LogP contribution in [0.1, 0.15) is 6.92 Å². The molecule has 0 aliphatic heterocycles. The molecule has 6 nitrogen and oxygen atoms in total. The SMILES string of the molecule is COc1ccc(NC(=O)C(C)SCC(=O)Nc2ccccc2OC)cc1Cl. The molecule has 0 bridgehead atoms. The summed E-state index contributed by atoms with van der Waals surface area (Å²) in [6.45, 7) is 1.74. The molecule has 0 aromatic heterocycles. The maximum absolute atomic E-state index is 12.3. The number of carbonyl (C=O) groups excluding carboxylic acids is 2. The van der Waals surface area contributed by atoms with E-state index in [0.29, 0.717) is 27.9 Å². The number of carbonyl (C=O) groups is 2. The lowest BCUT2D eigenvalue weighted by molar-refractivity contribution is -0.115. The van der Waals surface area contributed by atoms with Gasteiger partial charge in [-0.25, -0.2) is 0 Å². The molecule has 2 aromatic carbocycles. The van der Waals surface area contributed by atoms with Gasteiger partial charge in [0.2, 0.25) is 11.8 Å². The largest absolute Gasteiger partial charge is 0.495 e. The molecule has 2 amide bonds. The number of rotatable bonds is 8. The Bertz CT molecular complexity index is 816. The molecule has 0 heterocycles. The minimum atomic E-state index is -0.422. The van der Waals surface area contributed by atoms with Crippen molar-refractivity contribution in [3.05, 3.63) is 47.5 Å². The zero-order valence-electron chi connectivity index (χ0n) is 15.2. The number of hydrogen-bond acceptors (Lipinski definition) is 5. The molecule has 0 saturated heterocycles. The highest BCUT2D eigenvalue weighted by Gasteiger charge is 2.16. The lowest BCUT2D eigenvalue weighted by Gasteiger charge is -2.13. The van der Waals surface area contributed by atoms with Crippen LogP contribution >= 0.6 is 23.4 Å². The van der Waals surface area contributed by atoms with E-state index in [-0.39, 0.29) is 17.6 Å². The van der Waals surface area contributed by atoms with Crippen molar-refractivity contribution in [1.29, 1.82) is 0 Å². The Morgan fingerprint density at radius 2 is 1.78 bits per heavy atom. The predicted molar refractivity (Wildman–Crippen MR) is 110 cm³/mol. The highest BCUT2D eigenvalue weighted by Crippen LogP contribution is 2.28. The molecule has 0 spiro atoms. The van der Waals surface area contributed by atoms with Crippen LogP contribution in [0.25, 0.3) is 0 Å². The zero-order chi connectivity index (χ0) is 19.8. The van der Waals surface area contributed by atoms with Gasteiger partial charge in [-0.1, -0.05) is 23.7 Å². The number of benzene rings is 2. The van der Waals surface area contributed by atoms with Crippen LogP contribution in [0.3, 0.4) is 0 Å². The van der Waals surface area contributed by atoms with Gasteiger partial charge in [0.1, 0.15) is 11.5 Å². The van der Waals surface area contributed by atoms with Crippen LogP contribution in [0.15, 0.2) is 42.5 Å². The second-order valence-electron chi connectivity index (χ2n) is 5.54. The van der Waals surface area contributed by atoms with Gasteiger partial charge in [0, 0.05) is 5.69 Å². The summed E-state index contributed by atoms with van der Waals surface area (Å²) in [6, 6.07) is 12.1. The standard InChI is InChI=1S/C19H21ClN2O4S/c1-12(19(24)21-13-8-9-16(25-2)14(20)10-13)27-11-18(23)22-15-6-4-5-7-17(15)26-3/h4-10,12H,11H2,1-3H3,(H,21,24)(H,22,23). The topological polar surface area (TPSA) is 76.7 Å². The fraction of sp³-hybridized carbons (Fsp3) is 0.263. The van der Waals surface area contributed by atoms with Gasteiger partial charge in [0.15, 0.2) is 0 Å². The van der Waals surface area contributed by atoms with E-state index < -0.39 is 5.25 Å². The number of methoxy groups -OCH3 is 2. The lowest BCUT2D eigenvalue weighted by atomic mass is 10.3. The molecule has 2 rings (SSSR count). The van der Waals surface area contributed by atoms with E-state index >= 15 is 0 Å². The molecule has 144 valence electrons. The molecule has 27 heavy (non-hydrogen) atoms. The lowest BCUT2D eigenvalue weighted by Crippen LogP contribution is -2.25. The maximum Gasteiger partial charge on any atom is 0.237 e. The molecular formula is C19H21ClN2O4S. The Hall–Kier alpha value is -2.38. The average molecular weight is 409 g/mol. The Kier molecular flexibility index (Phi) is 7.82. The van der Waals surface area contributed by atoms with Gasteiger partial charge >= 0.3 is 0 Å². The molecule has 8 heteroatoms. The van der Waals surface area contributed by atoms with E-state index in [1.165, 1.54) is 26.0 Å². The zero-order valence-corrected chi connectivity index (χ0v) is 16.8. The summed E-state index contributed by atoms with van der Waals surface area (Å²) in [5.74, 6) is 0.821. The summed E-state index contributed by atoms with van der Waals surface area (Å²) in [6.07, 6.45) is 0. The Morgan fingerprint density at radius 3 is 2.44 bits per heavy atom. The summed E-state index contributed by atoms with van der Waals surface area (Å²) in [7, 11) is 3.06. The smallest absolute Gasteiger partial charge is 0.237 e. The Morgan fingerprint density at radius 1 is 1.07 bits per heavy atom. The van der Waals surface area contributed by atoms with E-state index in [4.69, 9.17) is 21.1 Å². The second kappa shape index (κ2) is 10.1. The number of para-hydroxylation sites is 2. The van der Waals surface area contributed by atoms with E-state index in [1.54, 1.807) is 43.3 Å². The number of nitrogens with one attached hydrogen (secondary N) is 2. The third-order valence-electron chi connectivity index (χ3n) is 3.63. The van der Waals surface area contributed by atoms with Crippen molar-refractivity contribution in [2.45, 2.75) is 12.2 Å². The predicted octanol–water partition coefficient (Wildman–Crippen LogP) is 4.06. The first-order valence-corrected chi connectivity index (χ1v) is 9.56. The van der Waals surface area contributed by atoms with Crippen LogP contribution < -0.4 is 20.1 Å². The van der Waals surface area contributed by atoms with E-state index in [1.807, 2.05) is 6.07 Å². The molecule has 0 radical (unpaired) electrons. The molecular weight excluding hydrogens is 388 g/mol. The monoisotopic (exact) mass is 408 g/mol. The molecule has 1 atom stereocenters. The molecule has 0 aliphatic rings. The van der Waals surface area contributed by atoms with Crippen molar-refractivity contribution in [1.82, 2.24) is 0 Å². The maximum atomic E-state index is 12.3. The number of hydrogen-bond donors (Lipinski definition) is 2. The summed E-state index contributed by atoms with van der Waals surface area (Å²) in [5, 5.41) is 5.54. The molecule has 2 N–H and O–H groups in total. The number of anilines is 2. The molecule has 0 aliphatic carbocycles. The number of ether oxygens (including phenoxy) is 2. The Balaban J connectivity index is 1.85. The second-order valence-corrected chi connectivity index (χ2v) is 7.28. The van der Waals surface area contributed by atoms with Crippen LogP contribution in [0.2, 0.25) is 5.02 Å². The van der Waals surface area contributed by atoms with Gasteiger partial charge in [-0.3, -0.25) is 9.59 Å². The number of amides is 2. The summed E-state index contributed by atoms with van der Waals surface area (Å²) in [5.41, 5.74) is 1.16. The molecule has 0 fully saturated rings. The third-order valence-corrected chi connectivity index (χ3v) is 5.07. The molecule has 1 unspecified atom stereocenters. The van der Waals surface area contributed by atoms with Gasteiger partial charge in [-0.05, 0) is 37.3 Å². The van der Waals surface area contributed by atoms with Gasteiger partial charge in [-0.15, -0.1) is 11.8 Å². The van der Waals surface area contributed by atoms with Crippen LogP contribution in [-0.4, -0.2) is 37.0 Å². The summed E-state index contributed by atoms with van der Waals surface area (Å²) in [4.78, 5) is 24.4. The van der Waals surface area contributed by atoms with Crippen molar-refractivity contribution in [3.8, 4) is 11.5 Å². The fourth-order valence-corrected chi connectivity index (χ4v) is 3.14. The first-order valence-electron chi connectivity index (χ1n) is 8.13. The summed E-state index contributed by atoms with van der Waals surface area (Å²) >= 11 is 7.29. The number of halogens is 1. The minimum absolute atomic E-state index is 0.135. The van der Waals surface area contributed by atoms with Crippen LogP contribution in [0.5, 0.6) is 11.5 Å². The first kappa shape index (κ1) is 20.9. The van der Waals surface area contributed by atoms with Crippen molar-refractivity contribution < 1.29 is 19.1 Å². The quantitative estimate of drug-likeness (QED) is 0.688. The van der Waals surface area contributed by atoms with Crippen molar-refractivity contribution >= 4 is 46.6 Å². The van der Waals surface area contributed by atoms with Crippen molar-refractivity contribution in [2.24, 2.45) is 0 Å². The highest BCUT2D eigenvalue weighted by atomic mass is 35.5. The van der Waals surface area contributed by atoms with Crippen molar-refractivity contribution in [2.75, 3.05) is 30.6 Å². The molecule has 0 saturated carbocycles. The Labute approximate surface area is 167 Å². The fourth-order valence-electron chi connectivity index (χ4n) is 2.20.